The van der Waals surface area contributed by atoms with Crippen molar-refractivity contribution in [3.05, 3.63) is 35.4 Å². The van der Waals surface area contributed by atoms with E-state index in [2.05, 4.69) is 0 Å². The molecule has 0 unspecified atom stereocenters. The van der Waals surface area contributed by atoms with E-state index in [4.69, 9.17) is 4.74 Å². The predicted octanol–water partition coefficient (Wildman–Crippen LogP) is 2.49. The molecule has 0 radical (unpaired) electrons. The van der Waals surface area contributed by atoms with Gasteiger partial charge in [0.05, 0.1) is 13.1 Å². The number of carbonyl (C=O) groups excluding carboxylic acids is 1. The number of carbonyl (C=O) groups is 1. The van der Waals surface area contributed by atoms with Crippen LogP contribution in [0.25, 0.3) is 0 Å². The number of ether oxygens (including phenoxy) is 1. The Labute approximate surface area is 122 Å². The molecule has 6 heteroatoms. The molecule has 4 nitrogen and oxygen atoms in total. The molecule has 0 aliphatic carbocycles. The molecule has 1 saturated heterocycles. The first-order chi connectivity index (χ1) is 9.60. The molecule has 1 heterocycles. The topological polar surface area (TPSA) is 49.8 Å². The molecule has 1 fully saturated rings. The number of halogens is 2. The molecule has 1 N–H and O–H groups in total. The van der Waals surface area contributed by atoms with E-state index >= 15 is 0 Å². The molecule has 21 heavy (non-hydrogen) atoms. The van der Waals surface area contributed by atoms with Crippen molar-refractivity contribution >= 4 is 6.09 Å². The van der Waals surface area contributed by atoms with Gasteiger partial charge in [0.2, 0.25) is 0 Å². The predicted molar refractivity (Wildman–Crippen MR) is 72.8 cm³/mol. The minimum Gasteiger partial charge on any atom is -0.444 e. The summed E-state index contributed by atoms with van der Waals surface area (Å²) in [4.78, 5) is 13.1. The Morgan fingerprint density at radius 2 is 2.00 bits per heavy atom. The summed E-state index contributed by atoms with van der Waals surface area (Å²) in [5, 5.41) is 10.3. The zero-order valence-electron chi connectivity index (χ0n) is 12.3. The highest BCUT2D eigenvalue weighted by molar-refractivity contribution is 5.69. The maximum Gasteiger partial charge on any atom is 0.410 e. The Hall–Kier alpha value is -1.69. The molecule has 1 aromatic rings. The van der Waals surface area contributed by atoms with Crippen molar-refractivity contribution in [1.82, 2.24) is 4.90 Å². The molecule has 0 spiro atoms. The molecule has 1 amide bonds. The first-order valence-corrected chi connectivity index (χ1v) is 6.73. The average molecular weight is 299 g/mol. The van der Waals surface area contributed by atoms with Gasteiger partial charge in [-0.15, -0.1) is 0 Å². The van der Waals surface area contributed by atoms with E-state index in [0.29, 0.717) is 0 Å². The highest BCUT2D eigenvalue weighted by atomic mass is 19.2. The Morgan fingerprint density at radius 3 is 2.57 bits per heavy atom. The van der Waals surface area contributed by atoms with Crippen LogP contribution in [0.5, 0.6) is 0 Å². The Bertz CT molecular complexity index is 548. The molecule has 0 atom stereocenters. The van der Waals surface area contributed by atoms with Gasteiger partial charge in [-0.05, 0) is 32.4 Å². The zero-order chi connectivity index (χ0) is 15.8. The Morgan fingerprint density at radius 1 is 1.38 bits per heavy atom. The SMILES string of the molecule is CC(C)(C)OC(=O)N1CC(O)(Cc2cccc(F)c2F)C1. The van der Waals surface area contributed by atoms with Gasteiger partial charge in [-0.25, -0.2) is 13.6 Å². The second kappa shape index (κ2) is 5.26. The molecule has 0 bridgehead atoms. The summed E-state index contributed by atoms with van der Waals surface area (Å²) < 4.78 is 31.9. The number of β-amino-alcohol motifs (C(OH)–C–C–N with tert-alkyl or cyclic N) is 1. The Kier molecular flexibility index (Phi) is 3.93. The monoisotopic (exact) mass is 299 g/mol. The lowest BCUT2D eigenvalue weighted by molar-refractivity contribution is -0.0977. The summed E-state index contributed by atoms with van der Waals surface area (Å²) in [7, 11) is 0. The van der Waals surface area contributed by atoms with Gasteiger partial charge in [0.25, 0.3) is 0 Å². The van der Waals surface area contributed by atoms with E-state index in [1.807, 2.05) is 0 Å². The third-order valence-electron chi connectivity index (χ3n) is 3.17. The smallest absolute Gasteiger partial charge is 0.410 e. The third-order valence-corrected chi connectivity index (χ3v) is 3.17. The minimum atomic E-state index is -1.24. The minimum absolute atomic E-state index is 0.0396. The average Bonchev–Trinajstić information content (AvgIpc) is 2.29. The third kappa shape index (κ3) is 3.69. The standard InChI is InChI=1S/C15H19F2NO3/c1-14(2,3)21-13(19)18-8-15(20,9-18)7-10-5-4-6-11(16)12(10)17/h4-6,20H,7-9H2,1-3H3. The zero-order valence-corrected chi connectivity index (χ0v) is 12.3. The highest BCUT2D eigenvalue weighted by Crippen LogP contribution is 2.28. The summed E-state index contributed by atoms with van der Waals surface area (Å²) in [6.07, 6.45) is -0.567. The first-order valence-electron chi connectivity index (χ1n) is 6.73. The van der Waals surface area contributed by atoms with E-state index < -0.39 is 28.9 Å². The fraction of sp³-hybridized carbons (Fsp3) is 0.533. The van der Waals surface area contributed by atoms with Crippen LogP contribution in [0.4, 0.5) is 13.6 Å². The van der Waals surface area contributed by atoms with Crippen LogP contribution in [0, 0.1) is 11.6 Å². The van der Waals surface area contributed by atoms with Crippen LogP contribution in [-0.2, 0) is 11.2 Å². The van der Waals surface area contributed by atoms with Gasteiger partial charge in [-0.3, -0.25) is 0 Å². The normalized spacial score (nSPS) is 17.3. The molecule has 2 rings (SSSR count). The molecule has 116 valence electrons. The fourth-order valence-corrected chi connectivity index (χ4v) is 2.27. The summed E-state index contributed by atoms with van der Waals surface area (Å²) in [6.45, 7) is 5.33. The van der Waals surface area contributed by atoms with Gasteiger partial charge in [0, 0.05) is 6.42 Å². The summed E-state index contributed by atoms with van der Waals surface area (Å²) in [5.74, 6) is -1.90. The lowest BCUT2D eigenvalue weighted by Gasteiger charge is -2.46. The number of amides is 1. The van der Waals surface area contributed by atoms with Gasteiger partial charge in [0.15, 0.2) is 11.6 Å². The lowest BCUT2D eigenvalue weighted by Crippen LogP contribution is -2.65. The van der Waals surface area contributed by atoms with Crippen LogP contribution >= 0.6 is 0 Å². The number of benzene rings is 1. The van der Waals surface area contributed by atoms with Crippen molar-refractivity contribution in [2.24, 2.45) is 0 Å². The van der Waals surface area contributed by atoms with Crippen LogP contribution in [0.2, 0.25) is 0 Å². The summed E-state index contributed by atoms with van der Waals surface area (Å²) in [6, 6.07) is 3.84. The molecule has 1 aromatic carbocycles. The quantitative estimate of drug-likeness (QED) is 0.913. The second-order valence-electron chi connectivity index (χ2n) is 6.45. The molecular formula is C15H19F2NO3. The van der Waals surface area contributed by atoms with Crippen LogP contribution in [0.1, 0.15) is 26.3 Å². The molecule has 1 aliphatic rings. The van der Waals surface area contributed by atoms with Crippen molar-refractivity contribution in [3.8, 4) is 0 Å². The van der Waals surface area contributed by atoms with E-state index in [1.54, 1.807) is 20.8 Å². The van der Waals surface area contributed by atoms with Crippen LogP contribution in [0.3, 0.4) is 0 Å². The van der Waals surface area contributed by atoms with Crippen molar-refractivity contribution in [1.29, 1.82) is 0 Å². The Balaban J connectivity index is 1.96. The van der Waals surface area contributed by atoms with E-state index in [1.165, 1.54) is 17.0 Å². The number of hydrogen-bond donors (Lipinski definition) is 1. The van der Waals surface area contributed by atoms with Gasteiger partial charge in [0.1, 0.15) is 11.2 Å². The second-order valence-corrected chi connectivity index (χ2v) is 6.45. The van der Waals surface area contributed by atoms with Crippen molar-refractivity contribution in [2.75, 3.05) is 13.1 Å². The van der Waals surface area contributed by atoms with Gasteiger partial charge in [-0.2, -0.15) is 0 Å². The largest absolute Gasteiger partial charge is 0.444 e. The fourth-order valence-electron chi connectivity index (χ4n) is 2.27. The molecule has 1 aliphatic heterocycles. The number of rotatable bonds is 2. The summed E-state index contributed by atoms with van der Waals surface area (Å²) in [5.41, 5.74) is -1.76. The number of nitrogens with zero attached hydrogens (tertiary/aromatic N) is 1. The van der Waals surface area contributed by atoms with Crippen molar-refractivity contribution < 1.29 is 23.4 Å². The number of hydrogen-bond acceptors (Lipinski definition) is 3. The van der Waals surface area contributed by atoms with Crippen molar-refractivity contribution in [2.45, 2.75) is 38.4 Å². The maximum atomic E-state index is 13.6. The first kappa shape index (κ1) is 15.7. The lowest BCUT2D eigenvalue weighted by atomic mass is 9.87. The van der Waals surface area contributed by atoms with Crippen LogP contribution in [-0.4, -0.2) is 40.4 Å². The molecule has 0 aromatic heterocycles. The highest BCUT2D eigenvalue weighted by Gasteiger charge is 2.45. The van der Waals surface area contributed by atoms with Crippen molar-refractivity contribution in [3.63, 3.8) is 0 Å². The van der Waals surface area contributed by atoms with Crippen LogP contribution < -0.4 is 0 Å². The maximum absolute atomic E-state index is 13.6. The van der Waals surface area contributed by atoms with Gasteiger partial charge < -0.3 is 14.7 Å². The van der Waals surface area contributed by atoms with E-state index in [9.17, 15) is 18.7 Å². The summed E-state index contributed by atoms with van der Waals surface area (Å²) >= 11 is 0. The van der Waals surface area contributed by atoms with Crippen LogP contribution in [0.15, 0.2) is 18.2 Å². The number of aliphatic hydroxyl groups is 1. The van der Waals surface area contributed by atoms with Gasteiger partial charge >= 0.3 is 6.09 Å². The van der Waals surface area contributed by atoms with E-state index in [-0.39, 0.29) is 25.1 Å². The molecular weight excluding hydrogens is 280 g/mol. The number of likely N-dealkylation sites (tertiary alicyclic amines) is 1. The molecule has 0 saturated carbocycles. The van der Waals surface area contributed by atoms with E-state index in [0.717, 1.165) is 6.07 Å². The van der Waals surface area contributed by atoms with Gasteiger partial charge in [-0.1, -0.05) is 12.1 Å².